The molecule has 7 heteroatoms. The summed E-state index contributed by atoms with van der Waals surface area (Å²) in [5.74, 6) is -0.275. The maximum Gasteiger partial charge on any atom is 0.248 e. The minimum Gasteiger partial charge on any atom is -0.409 e. The quantitative estimate of drug-likeness (QED) is 0.277. The summed E-state index contributed by atoms with van der Waals surface area (Å²) in [5, 5.41) is 13.6. The van der Waals surface area contributed by atoms with Crippen LogP contribution in [0, 0.1) is 5.41 Å². The number of rotatable bonds is 5. The fourth-order valence-electron chi connectivity index (χ4n) is 2.07. The highest BCUT2D eigenvalue weighted by Crippen LogP contribution is 2.27. The summed E-state index contributed by atoms with van der Waals surface area (Å²) in [7, 11) is 0. The molecule has 1 heterocycles. The average Bonchev–Trinajstić information content (AvgIpc) is 2.41. The molecule has 0 aromatic carbocycles. The number of hydrogen-bond donors (Lipinski definition) is 3. The van der Waals surface area contributed by atoms with Gasteiger partial charge in [0, 0.05) is 13.1 Å². The van der Waals surface area contributed by atoms with E-state index in [2.05, 4.69) is 10.6 Å². The maximum absolute atomic E-state index is 12.3. The number of nitrogens with zero attached hydrogens (tertiary/aromatic N) is 2. The molecule has 1 saturated heterocycles. The highest BCUT2D eigenvalue weighted by Gasteiger charge is 2.40. The number of carbonyl (C=O) groups excluding carboxylic acids is 1. The first-order valence-electron chi connectivity index (χ1n) is 6.22. The number of amidine groups is 1. The van der Waals surface area contributed by atoms with Crippen molar-refractivity contribution in [3.05, 3.63) is 0 Å². The molecule has 0 aromatic heterocycles. The molecule has 4 N–H and O–H groups in total. The van der Waals surface area contributed by atoms with Crippen molar-refractivity contribution in [1.82, 2.24) is 10.4 Å². The molecule has 0 aromatic rings. The van der Waals surface area contributed by atoms with Crippen molar-refractivity contribution in [2.24, 2.45) is 16.3 Å². The van der Waals surface area contributed by atoms with Gasteiger partial charge in [-0.3, -0.25) is 10.2 Å². The monoisotopic (exact) mass is 258 g/mol. The van der Waals surface area contributed by atoms with Gasteiger partial charge in [0.15, 0.2) is 5.84 Å². The lowest BCUT2D eigenvalue weighted by Gasteiger charge is -2.33. The van der Waals surface area contributed by atoms with Crippen LogP contribution < -0.4 is 11.2 Å². The predicted molar refractivity (Wildman–Crippen MR) is 67.0 cm³/mol. The van der Waals surface area contributed by atoms with Crippen LogP contribution in [0.3, 0.4) is 0 Å². The first kappa shape index (κ1) is 14.7. The number of nitrogens with one attached hydrogen (secondary N) is 1. The van der Waals surface area contributed by atoms with E-state index >= 15 is 0 Å². The van der Waals surface area contributed by atoms with Crippen LogP contribution in [0.25, 0.3) is 0 Å². The third-order valence-corrected chi connectivity index (χ3v) is 3.51. The first-order chi connectivity index (χ1) is 8.60. The molecular formula is C11H22N4O3. The Morgan fingerprint density at radius 1 is 1.44 bits per heavy atom. The third-order valence-electron chi connectivity index (χ3n) is 3.51. The average molecular weight is 258 g/mol. The van der Waals surface area contributed by atoms with Crippen LogP contribution in [0.4, 0.5) is 0 Å². The standard InChI is InChI=1S/C11H22N4O3/c1-3-11(4-2,9(12)14-17)10(16)13-15-5-7-18-8-6-15/h17H,3-8H2,1-2H3,(H2,12,14)(H,13,16). The Balaban J connectivity index is 2.76. The van der Waals surface area contributed by atoms with Crippen LogP contribution in [0.5, 0.6) is 0 Å². The van der Waals surface area contributed by atoms with Crippen molar-refractivity contribution in [3.63, 3.8) is 0 Å². The van der Waals surface area contributed by atoms with Gasteiger partial charge in [-0.1, -0.05) is 19.0 Å². The Bertz CT molecular complexity index is 309. The summed E-state index contributed by atoms with van der Waals surface area (Å²) in [6.07, 6.45) is 0.963. The summed E-state index contributed by atoms with van der Waals surface area (Å²) < 4.78 is 5.21. The molecule has 1 aliphatic heterocycles. The highest BCUT2D eigenvalue weighted by molar-refractivity contribution is 6.06. The number of nitrogens with two attached hydrogens (primary N) is 1. The number of ether oxygens (including phenoxy) is 1. The SMILES string of the molecule is CCC(CC)(C(=O)NN1CCOCC1)C(N)=NO. The van der Waals surface area contributed by atoms with E-state index in [1.165, 1.54) is 0 Å². The summed E-state index contributed by atoms with van der Waals surface area (Å²) >= 11 is 0. The second-order valence-corrected chi connectivity index (χ2v) is 4.31. The molecular weight excluding hydrogens is 236 g/mol. The molecule has 1 fully saturated rings. The van der Waals surface area contributed by atoms with Crippen LogP contribution in [-0.4, -0.2) is 48.3 Å². The fourth-order valence-corrected chi connectivity index (χ4v) is 2.07. The Labute approximate surface area is 107 Å². The molecule has 0 bridgehead atoms. The zero-order chi connectivity index (χ0) is 13.6. The molecule has 0 saturated carbocycles. The van der Waals surface area contributed by atoms with E-state index in [4.69, 9.17) is 15.7 Å². The van der Waals surface area contributed by atoms with E-state index in [1.54, 1.807) is 5.01 Å². The number of oxime groups is 1. The summed E-state index contributed by atoms with van der Waals surface area (Å²) in [6, 6.07) is 0. The lowest BCUT2D eigenvalue weighted by Crippen LogP contribution is -2.56. The van der Waals surface area contributed by atoms with Crippen molar-refractivity contribution < 1.29 is 14.7 Å². The van der Waals surface area contributed by atoms with Crippen molar-refractivity contribution in [2.45, 2.75) is 26.7 Å². The Hall–Kier alpha value is -1.34. The zero-order valence-corrected chi connectivity index (χ0v) is 11.0. The summed E-state index contributed by atoms with van der Waals surface area (Å²) in [4.78, 5) is 12.3. The minimum absolute atomic E-state index is 0.0433. The molecule has 7 nitrogen and oxygen atoms in total. The van der Waals surface area contributed by atoms with Gasteiger partial charge < -0.3 is 15.7 Å². The predicted octanol–water partition coefficient (Wildman–Crippen LogP) is -0.0974. The summed E-state index contributed by atoms with van der Waals surface area (Å²) in [5.41, 5.74) is 7.54. The fraction of sp³-hybridized carbons (Fsp3) is 0.818. The number of hydrazine groups is 1. The number of morpholine rings is 1. The molecule has 1 amide bonds. The normalized spacial score (nSPS) is 18.7. The first-order valence-corrected chi connectivity index (χ1v) is 6.22. The Morgan fingerprint density at radius 3 is 2.44 bits per heavy atom. The van der Waals surface area contributed by atoms with Gasteiger partial charge in [0.05, 0.1) is 13.2 Å². The molecule has 18 heavy (non-hydrogen) atoms. The van der Waals surface area contributed by atoms with Crippen molar-refractivity contribution >= 4 is 11.7 Å². The number of amides is 1. The van der Waals surface area contributed by atoms with E-state index in [1.807, 2.05) is 13.8 Å². The van der Waals surface area contributed by atoms with Crippen LogP contribution in [0.2, 0.25) is 0 Å². The molecule has 0 unspecified atom stereocenters. The van der Waals surface area contributed by atoms with Crippen molar-refractivity contribution in [1.29, 1.82) is 0 Å². The summed E-state index contributed by atoms with van der Waals surface area (Å²) in [6.45, 7) is 6.17. The van der Waals surface area contributed by atoms with Gasteiger partial charge in [0.25, 0.3) is 0 Å². The lowest BCUT2D eigenvalue weighted by molar-refractivity contribution is -0.135. The molecule has 0 aliphatic carbocycles. The van der Waals surface area contributed by atoms with E-state index in [9.17, 15) is 4.79 Å². The highest BCUT2D eigenvalue weighted by atomic mass is 16.5. The van der Waals surface area contributed by atoms with E-state index in [0.717, 1.165) is 0 Å². The van der Waals surface area contributed by atoms with Crippen molar-refractivity contribution in [3.8, 4) is 0 Å². The third kappa shape index (κ3) is 2.91. The van der Waals surface area contributed by atoms with Crippen molar-refractivity contribution in [2.75, 3.05) is 26.3 Å². The molecule has 0 radical (unpaired) electrons. The van der Waals surface area contributed by atoms with Crippen LogP contribution >= 0.6 is 0 Å². The van der Waals surface area contributed by atoms with Crippen LogP contribution in [0.15, 0.2) is 5.16 Å². The van der Waals surface area contributed by atoms with Crippen LogP contribution in [0.1, 0.15) is 26.7 Å². The maximum atomic E-state index is 12.3. The Kier molecular flexibility index (Phi) is 5.36. The second kappa shape index (κ2) is 6.55. The van der Waals surface area contributed by atoms with Gasteiger partial charge in [-0.15, -0.1) is 0 Å². The van der Waals surface area contributed by atoms with E-state index in [-0.39, 0.29) is 11.7 Å². The molecule has 0 spiro atoms. The number of hydrogen-bond acceptors (Lipinski definition) is 5. The van der Waals surface area contributed by atoms with Gasteiger partial charge in [-0.05, 0) is 12.8 Å². The number of carbonyl (C=O) groups is 1. The molecule has 1 aliphatic rings. The van der Waals surface area contributed by atoms with Gasteiger partial charge in [-0.2, -0.15) is 0 Å². The van der Waals surface area contributed by atoms with E-state index in [0.29, 0.717) is 39.1 Å². The Morgan fingerprint density at radius 2 is 2.00 bits per heavy atom. The van der Waals surface area contributed by atoms with Crippen LogP contribution in [-0.2, 0) is 9.53 Å². The lowest BCUT2D eigenvalue weighted by atomic mass is 9.80. The van der Waals surface area contributed by atoms with Gasteiger partial charge >= 0.3 is 0 Å². The molecule has 0 atom stereocenters. The van der Waals surface area contributed by atoms with E-state index < -0.39 is 5.41 Å². The van der Waals surface area contributed by atoms with Gasteiger partial charge in [0.2, 0.25) is 5.91 Å². The largest absolute Gasteiger partial charge is 0.409 e. The smallest absolute Gasteiger partial charge is 0.248 e. The van der Waals surface area contributed by atoms with Gasteiger partial charge in [0.1, 0.15) is 5.41 Å². The van der Waals surface area contributed by atoms with Gasteiger partial charge in [-0.25, -0.2) is 5.01 Å². The molecule has 104 valence electrons. The zero-order valence-electron chi connectivity index (χ0n) is 11.0. The molecule has 1 rings (SSSR count). The topological polar surface area (TPSA) is 100 Å². The minimum atomic E-state index is -0.951. The second-order valence-electron chi connectivity index (χ2n) is 4.31.